The van der Waals surface area contributed by atoms with E-state index in [0.29, 0.717) is 31.3 Å². The Labute approximate surface area is 200 Å². The Bertz CT molecular complexity index is 1370. The molecule has 0 bridgehead atoms. The Morgan fingerprint density at radius 2 is 1.74 bits per heavy atom. The molecular formula is C21H25N5O6S2. The van der Waals surface area contributed by atoms with Gasteiger partial charge in [0.1, 0.15) is 10.5 Å². The zero-order valence-corrected chi connectivity index (χ0v) is 20.9. The molecule has 0 aliphatic carbocycles. The largest absolute Gasteiger partial charge is 0.444 e. The highest BCUT2D eigenvalue weighted by molar-refractivity contribution is 7.87. The number of piperazine rings is 1. The molecule has 3 aromatic rings. The molecule has 0 atom stereocenters. The molecule has 4 rings (SSSR count). The van der Waals surface area contributed by atoms with E-state index in [4.69, 9.17) is 8.92 Å². The van der Waals surface area contributed by atoms with E-state index >= 15 is 0 Å². The van der Waals surface area contributed by atoms with E-state index in [2.05, 4.69) is 10.1 Å². The van der Waals surface area contributed by atoms with E-state index in [1.54, 1.807) is 17.0 Å². The van der Waals surface area contributed by atoms with Crippen LogP contribution in [0.15, 0.2) is 40.0 Å². The maximum absolute atomic E-state index is 12.6. The molecule has 1 aliphatic heterocycles. The zero-order chi connectivity index (χ0) is 24.7. The fourth-order valence-electron chi connectivity index (χ4n) is 3.22. The molecule has 2 aromatic heterocycles. The van der Waals surface area contributed by atoms with Crippen molar-refractivity contribution < 1.29 is 22.1 Å². The summed E-state index contributed by atoms with van der Waals surface area (Å²) in [5, 5.41) is 4.85. The number of aromatic nitrogens is 3. The Morgan fingerprint density at radius 1 is 1.09 bits per heavy atom. The number of ether oxygens (including phenoxy) is 1. The van der Waals surface area contributed by atoms with Crippen LogP contribution in [-0.2, 0) is 14.9 Å². The molecule has 0 N–H and O–H groups in total. The average molecular weight is 508 g/mol. The molecule has 0 spiro atoms. The quantitative estimate of drug-likeness (QED) is 0.489. The van der Waals surface area contributed by atoms with E-state index in [-0.39, 0.29) is 21.8 Å². The normalized spacial score (nSPS) is 14.9. The number of rotatable bonds is 4. The first-order valence-electron chi connectivity index (χ1n) is 10.6. The first-order valence-corrected chi connectivity index (χ1v) is 12.8. The standard InChI is InChI=1S/C21H25N5O6S2/c1-14-5-7-15(8-6-14)34(29,30)32-16-13-17(27)26-18(22-16)33-19(23-26)24-9-11-25(12-10-24)20(28)31-21(2,3)4/h5-8,13H,9-12H2,1-4H3. The Morgan fingerprint density at radius 3 is 2.35 bits per heavy atom. The van der Waals surface area contributed by atoms with E-state index in [1.165, 1.54) is 12.1 Å². The number of fused-ring (bicyclic) bond motifs is 1. The monoisotopic (exact) mass is 507 g/mol. The van der Waals surface area contributed by atoms with Gasteiger partial charge in [-0.2, -0.15) is 17.9 Å². The number of carbonyl (C=O) groups excluding carboxylic acids is 1. The molecule has 34 heavy (non-hydrogen) atoms. The minimum absolute atomic E-state index is 0.0343. The lowest BCUT2D eigenvalue weighted by Gasteiger charge is -2.35. The summed E-state index contributed by atoms with van der Waals surface area (Å²) < 4.78 is 36.7. The second-order valence-corrected chi connectivity index (χ2v) is 11.3. The lowest BCUT2D eigenvalue weighted by Crippen LogP contribution is -2.50. The Kier molecular flexibility index (Phi) is 6.25. The van der Waals surface area contributed by atoms with Crippen LogP contribution in [-0.4, -0.2) is 65.8 Å². The molecule has 0 radical (unpaired) electrons. The summed E-state index contributed by atoms with van der Waals surface area (Å²) >= 11 is 1.13. The van der Waals surface area contributed by atoms with Gasteiger partial charge in [0.25, 0.3) is 5.56 Å². The maximum atomic E-state index is 12.6. The Balaban J connectivity index is 1.50. The molecule has 1 aliphatic rings. The minimum Gasteiger partial charge on any atom is -0.444 e. The molecule has 182 valence electrons. The number of amides is 1. The lowest BCUT2D eigenvalue weighted by molar-refractivity contribution is 0.0240. The third-order valence-corrected chi connectivity index (χ3v) is 7.13. The van der Waals surface area contributed by atoms with Gasteiger partial charge in [0, 0.05) is 26.2 Å². The van der Waals surface area contributed by atoms with Gasteiger partial charge in [-0.15, -0.1) is 5.10 Å². The highest BCUT2D eigenvalue weighted by Gasteiger charge is 2.27. The summed E-state index contributed by atoms with van der Waals surface area (Å²) in [5.41, 5.74) is -0.226. The molecule has 3 heterocycles. The van der Waals surface area contributed by atoms with Gasteiger partial charge in [-0.25, -0.2) is 4.79 Å². The minimum atomic E-state index is -4.14. The van der Waals surface area contributed by atoms with E-state index in [1.807, 2.05) is 32.6 Å². The fourth-order valence-corrected chi connectivity index (χ4v) is 5.05. The molecule has 0 saturated carbocycles. The highest BCUT2D eigenvalue weighted by Crippen LogP contribution is 2.25. The summed E-state index contributed by atoms with van der Waals surface area (Å²) in [6.45, 7) is 9.17. The summed E-state index contributed by atoms with van der Waals surface area (Å²) in [4.78, 5) is 32.7. The van der Waals surface area contributed by atoms with Crippen LogP contribution < -0.4 is 14.6 Å². The number of benzene rings is 1. The lowest BCUT2D eigenvalue weighted by atomic mass is 10.2. The predicted molar refractivity (Wildman–Crippen MR) is 126 cm³/mol. The number of hydrogen-bond acceptors (Lipinski definition) is 10. The zero-order valence-electron chi connectivity index (χ0n) is 19.2. The van der Waals surface area contributed by atoms with Gasteiger partial charge < -0.3 is 18.7 Å². The van der Waals surface area contributed by atoms with Crippen LogP contribution in [0.1, 0.15) is 26.3 Å². The third kappa shape index (κ3) is 5.30. The van der Waals surface area contributed by atoms with Crippen LogP contribution in [0, 0.1) is 6.92 Å². The number of nitrogens with zero attached hydrogens (tertiary/aromatic N) is 5. The van der Waals surface area contributed by atoms with Crippen molar-refractivity contribution in [1.82, 2.24) is 19.5 Å². The number of anilines is 1. The average Bonchev–Trinajstić information content (AvgIpc) is 3.17. The number of carbonyl (C=O) groups is 1. The predicted octanol–water partition coefficient (Wildman–Crippen LogP) is 2.28. The van der Waals surface area contributed by atoms with Crippen LogP contribution >= 0.6 is 11.3 Å². The first-order chi connectivity index (χ1) is 15.9. The van der Waals surface area contributed by atoms with Crippen LogP contribution in [0.2, 0.25) is 0 Å². The van der Waals surface area contributed by atoms with Gasteiger partial charge in [0.2, 0.25) is 16.0 Å². The molecule has 11 nitrogen and oxygen atoms in total. The van der Waals surface area contributed by atoms with Crippen molar-refractivity contribution in [2.75, 3.05) is 31.1 Å². The molecule has 1 saturated heterocycles. The van der Waals surface area contributed by atoms with Gasteiger partial charge in [-0.1, -0.05) is 29.0 Å². The summed E-state index contributed by atoms with van der Waals surface area (Å²) in [5.74, 6) is -0.324. The molecule has 0 unspecified atom stereocenters. The molecule has 13 heteroatoms. The topological polar surface area (TPSA) is 123 Å². The van der Waals surface area contributed by atoms with Crippen LogP contribution in [0.25, 0.3) is 4.96 Å². The van der Waals surface area contributed by atoms with E-state index in [9.17, 15) is 18.0 Å². The molecule has 1 aromatic carbocycles. The van der Waals surface area contributed by atoms with E-state index < -0.39 is 21.3 Å². The van der Waals surface area contributed by atoms with Crippen molar-refractivity contribution in [3.8, 4) is 5.88 Å². The fraction of sp³-hybridized carbons (Fsp3) is 0.429. The van der Waals surface area contributed by atoms with Gasteiger partial charge >= 0.3 is 16.2 Å². The molecular weight excluding hydrogens is 482 g/mol. The second-order valence-electron chi connectivity index (χ2n) is 8.82. The maximum Gasteiger partial charge on any atom is 0.410 e. The van der Waals surface area contributed by atoms with Crippen molar-refractivity contribution in [3.63, 3.8) is 0 Å². The summed E-state index contributed by atoms with van der Waals surface area (Å²) in [6, 6.07) is 7.15. The summed E-state index contributed by atoms with van der Waals surface area (Å²) in [6.07, 6.45) is -0.370. The summed E-state index contributed by atoms with van der Waals surface area (Å²) in [7, 11) is -4.14. The van der Waals surface area contributed by atoms with E-state index in [0.717, 1.165) is 27.5 Å². The van der Waals surface area contributed by atoms with Crippen molar-refractivity contribution in [2.45, 2.75) is 38.2 Å². The van der Waals surface area contributed by atoms with Gasteiger partial charge in [0.05, 0.1) is 6.07 Å². The van der Waals surface area contributed by atoms with Gasteiger partial charge in [-0.05, 0) is 39.8 Å². The number of aryl methyl sites for hydroxylation is 1. The van der Waals surface area contributed by atoms with Crippen molar-refractivity contribution in [2.24, 2.45) is 0 Å². The van der Waals surface area contributed by atoms with Gasteiger partial charge in [-0.3, -0.25) is 4.79 Å². The SMILES string of the molecule is Cc1ccc(S(=O)(=O)Oc2cc(=O)n3nc(N4CCN(C(=O)OC(C)(C)C)CC4)sc3n2)cc1. The Hall–Kier alpha value is -3.19. The third-order valence-electron chi connectivity index (χ3n) is 4.92. The van der Waals surface area contributed by atoms with Crippen molar-refractivity contribution >= 4 is 37.6 Å². The molecule has 1 amide bonds. The highest BCUT2D eigenvalue weighted by atomic mass is 32.2. The van der Waals surface area contributed by atoms with Gasteiger partial charge in [0.15, 0.2) is 0 Å². The van der Waals surface area contributed by atoms with Crippen molar-refractivity contribution in [1.29, 1.82) is 0 Å². The van der Waals surface area contributed by atoms with Crippen LogP contribution in [0.5, 0.6) is 5.88 Å². The molecule has 1 fully saturated rings. The number of hydrogen-bond donors (Lipinski definition) is 0. The van der Waals surface area contributed by atoms with Crippen molar-refractivity contribution in [3.05, 3.63) is 46.2 Å². The first kappa shape index (κ1) is 24.0. The second kappa shape index (κ2) is 8.87. The smallest absolute Gasteiger partial charge is 0.410 e. The van der Waals surface area contributed by atoms with Crippen LogP contribution in [0.4, 0.5) is 9.93 Å². The van der Waals surface area contributed by atoms with Crippen LogP contribution in [0.3, 0.4) is 0 Å².